The highest BCUT2D eigenvalue weighted by atomic mass is 16.2. The Morgan fingerprint density at radius 2 is 1.92 bits per heavy atom. The van der Waals surface area contributed by atoms with Gasteiger partial charge in [-0.2, -0.15) is 0 Å². The maximum atomic E-state index is 12.7. The number of hydrogen-bond donors (Lipinski definition) is 1. The van der Waals surface area contributed by atoms with Gasteiger partial charge in [-0.1, -0.05) is 19.8 Å². The number of amides is 1. The van der Waals surface area contributed by atoms with E-state index in [9.17, 15) is 14.4 Å². The smallest absolute Gasteiger partial charge is 0.325 e. The summed E-state index contributed by atoms with van der Waals surface area (Å²) in [6, 6.07) is 0. The van der Waals surface area contributed by atoms with Crippen LogP contribution in [0, 0.1) is 5.92 Å². The van der Waals surface area contributed by atoms with Crippen LogP contribution in [-0.2, 0) is 25.3 Å². The lowest BCUT2D eigenvalue weighted by atomic mass is 10.0. The second-order valence-electron chi connectivity index (χ2n) is 6.82. The van der Waals surface area contributed by atoms with Gasteiger partial charge in [0.2, 0.25) is 5.91 Å². The summed E-state index contributed by atoms with van der Waals surface area (Å²) >= 11 is 0. The Morgan fingerprint density at radius 3 is 2.56 bits per heavy atom. The number of hydrogen-bond acceptors (Lipinski definition) is 4. The van der Waals surface area contributed by atoms with Crippen LogP contribution in [0.2, 0.25) is 0 Å². The molecule has 25 heavy (non-hydrogen) atoms. The Balaban J connectivity index is 2.10. The van der Waals surface area contributed by atoms with Crippen LogP contribution in [0.15, 0.2) is 15.8 Å². The third-order valence-corrected chi connectivity index (χ3v) is 5.14. The van der Waals surface area contributed by atoms with E-state index in [1.165, 1.54) is 24.5 Å². The quantitative estimate of drug-likeness (QED) is 0.915. The zero-order valence-corrected chi connectivity index (χ0v) is 15.0. The first kappa shape index (κ1) is 17.4. The average molecular weight is 344 g/mol. The molecule has 0 bridgehead atoms. The maximum Gasteiger partial charge on any atom is 0.332 e. The summed E-state index contributed by atoms with van der Waals surface area (Å²) in [4.78, 5) is 41.6. The van der Waals surface area contributed by atoms with Crippen LogP contribution in [0.4, 0.5) is 5.69 Å². The molecule has 2 aromatic rings. The second kappa shape index (κ2) is 6.82. The number of nitrogens with zero attached hydrogens (tertiary/aromatic N) is 3. The van der Waals surface area contributed by atoms with Gasteiger partial charge in [-0.15, -0.1) is 0 Å². The normalized spacial score (nSPS) is 15.0. The molecule has 7 nitrogen and oxygen atoms in total. The molecule has 2 heterocycles. The lowest BCUT2D eigenvalue weighted by molar-refractivity contribution is -0.117. The predicted molar refractivity (Wildman–Crippen MR) is 96.8 cm³/mol. The molecule has 1 fully saturated rings. The van der Waals surface area contributed by atoms with Crippen molar-refractivity contribution >= 4 is 22.6 Å². The molecule has 1 N–H and O–H groups in total. The molecule has 1 aliphatic rings. The summed E-state index contributed by atoms with van der Waals surface area (Å²) in [5.74, 6) is 0.343. The Bertz CT molecular complexity index is 936. The van der Waals surface area contributed by atoms with E-state index >= 15 is 0 Å². The van der Waals surface area contributed by atoms with Crippen molar-refractivity contribution in [3.63, 3.8) is 0 Å². The van der Waals surface area contributed by atoms with E-state index in [1.54, 1.807) is 13.2 Å². The molecular weight excluding hydrogens is 320 g/mol. The Kier molecular flexibility index (Phi) is 4.74. The van der Waals surface area contributed by atoms with Crippen molar-refractivity contribution in [2.75, 3.05) is 5.32 Å². The minimum absolute atomic E-state index is 0.0787. The number of nitrogens with one attached hydrogen (secondary N) is 1. The van der Waals surface area contributed by atoms with Gasteiger partial charge in [0.15, 0.2) is 5.65 Å². The monoisotopic (exact) mass is 344 g/mol. The Hall–Kier alpha value is -2.44. The van der Waals surface area contributed by atoms with Crippen molar-refractivity contribution in [1.29, 1.82) is 0 Å². The Labute approximate surface area is 145 Å². The van der Waals surface area contributed by atoms with Crippen molar-refractivity contribution in [1.82, 2.24) is 14.1 Å². The van der Waals surface area contributed by atoms with Gasteiger partial charge in [0.1, 0.15) is 5.39 Å². The lowest BCUT2D eigenvalue weighted by Gasteiger charge is -2.16. The molecule has 3 rings (SSSR count). The van der Waals surface area contributed by atoms with E-state index in [0.29, 0.717) is 35.5 Å². The summed E-state index contributed by atoms with van der Waals surface area (Å²) in [6.07, 6.45) is 7.26. The number of anilines is 1. The van der Waals surface area contributed by atoms with Crippen LogP contribution in [0.5, 0.6) is 0 Å². The highest BCUT2D eigenvalue weighted by Crippen LogP contribution is 2.29. The summed E-state index contributed by atoms with van der Waals surface area (Å²) in [6.45, 7) is 1.95. The number of aromatic nitrogens is 3. The molecule has 134 valence electrons. The second-order valence-corrected chi connectivity index (χ2v) is 6.82. The first-order chi connectivity index (χ1) is 11.9. The summed E-state index contributed by atoms with van der Waals surface area (Å²) in [5.41, 5.74) is 0.714. The minimum atomic E-state index is -0.433. The fraction of sp³-hybridized carbons (Fsp3) is 0.556. The maximum absolute atomic E-state index is 12.7. The molecule has 1 aliphatic carbocycles. The van der Waals surface area contributed by atoms with Crippen molar-refractivity contribution in [2.24, 2.45) is 20.0 Å². The summed E-state index contributed by atoms with van der Waals surface area (Å²) in [7, 11) is 3.01. The summed E-state index contributed by atoms with van der Waals surface area (Å²) in [5, 5.41) is 3.23. The van der Waals surface area contributed by atoms with Gasteiger partial charge in [0.25, 0.3) is 5.56 Å². The Morgan fingerprint density at radius 1 is 1.24 bits per heavy atom. The first-order valence-corrected chi connectivity index (χ1v) is 8.81. The molecule has 1 saturated carbocycles. The fourth-order valence-electron chi connectivity index (χ4n) is 3.65. The van der Waals surface area contributed by atoms with Gasteiger partial charge in [0.05, 0.1) is 5.69 Å². The van der Waals surface area contributed by atoms with Gasteiger partial charge >= 0.3 is 5.69 Å². The zero-order chi connectivity index (χ0) is 18.1. The van der Waals surface area contributed by atoms with Crippen LogP contribution in [0.25, 0.3) is 11.0 Å². The van der Waals surface area contributed by atoms with Gasteiger partial charge in [-0.25, -0.2) is 9.78 Å². The third-order valence-electron chi connectivity index (χ3n) is 5.14. The molecule has 0 radical (unpaired) electrons. The van der Waals surface area contributed by atoms with Crippen molar-refractivity contribution in [3.05, 3.63) is 32.6 Å². The van der Waals surface area contributed by atoms with Crippen molar-refractivity contribution in [3.8, 4) is 0 Å². The number of aryl methyl sites for hydroxylation is 2. The number of rotatable bonds is 4. The molecule has 0 atom stereocenters. The molecule has 0 spiro atoms. The SMILES string of the molecule is CCc1cnc2c(c1NC(=O)CC1CCCC1)c(=O)n(C)c(=O)n2C. The zero-order valence-electron chi connectivity index (χ0n) is 15.0. The van der Waals surface area contributed by atoms with Crippen molar-refractivity contribution in [2.45, 2.75) is 45.4 Å². The number of fused-ring (bicyclic) bond motifs is 1. The number of pyridine rings is 1. The molecule has 2 aromatic heterocycles. The molecule has 0 aliphatic heterocycles. The van der Waals surface area contributed by atoms with Gasteiger partial charge < -0.3 is 5.32 Å². The largest absolute Gasteiger partial charge is 0.332 e. The van der Waals surface area contributed by atoms with Crippen LogP contribution >= 0.6 is 0 Å². The average Bonchev–Trinajstić information content (AvgIpc) is 3.10. The molecule has 7 heteroatoms. The molecule has 0 unspecified atom stereocenters. The van der Waals surface area contributed by atoms with Gasteiger partial charge in [-0.05, 0) is 30.7 Å². The standard InChI is InChI=1S/C18H24N4O3/c1-4-12-10-19-16-14(17(24)22(3)18(25)21(16)2)15(12)20-13(23)9-11-7-5-6-8-11/h10-11H,4-9H2,1-3H3,(H,19,20,23). The van der Waals surface area contributed by atoms with Gasteiger partial charge in [-0.3, -0.25) is 18.7 Å². The van der Waals surface area contributed by atoms with Crippen LogP contribution in [-0.4, -0.2) is 20.0 Å². The number of carbonyl (C=O) groups is 1. The van der Waals surface area contributed by atoms with Crippen LogP contribution in [0.1, 0.15) is 44.6 Å². The van der Waals surface area contributed by atoms with E-state index in [0.717, 1.165) is 23.0 Å². The van der Waals surface area contributed by atoms with Crippen molar-refractivity contribution < 1.29 is 4.79 Å². The molecule has 0 saturated heterocycles. The minimum Gasteiger partial charge on any atom is -0.325 e. The van der Waals surface area contributed by atoms with E-state index < -0.39 is 11.2 Å². The highest BCUT2D eigenvalue weighted by Gasteiger charge is 2.21. The van der Waals surface area contributed by atoms with E-state index in [-0.39, 0.29) is 5.91 Å². The third kappa shape index (κ3) is 3.10. The van der Waals surface area contributed by atoms with E-state index in [1.807, 2.05) is 6.92 Å². The van der Waals surface area contributed by atoms with E-state index in [4.69, 9.17) is 0 Å². The van der Waals surface area contributed by atoms with Gasteiger partial charge in [0, 0.05) is 26.7 Å². The molecule has 0 aromatic carbocycles. The topological polar surface area (TPSA) is 86.0 Å². The molecule has 1 amide bonds. The molecular formula is C18H24N4O3. The fourth-order valence-corrected chi connectivity index (χ4v) is 3.65. The van der Waals surface area contributed by atoms with Crippen LogP contribution in [0.3, 0.4) is 0 Å². The highest BCUT2D eigenvalue weighted by molar-refractivity contribution is 6.01. The van der Waals surface area contributed by atoms with E-state index in [2.05, 4.69) is 10.3 Å². The number of carbonyl (C=O) groups excluding carboxylic acids is 1. The summed E-state index contributed by atoms with van der Waals surface area (Å²) < 4.78 is 2.39. The van der Waals surface area contributed by atoms with Crippen LogP contribution < -0.4 is 16.6 Å². The lowest BCUT2D eigenvalue weighted by Crippen LogP contribution is -2.38. The predicted octanol–water partition coefficient (Wildman–Crippen LogP) is 1.71. The first-order valence-electron chi connectivity index (χ1n) is 8.81.